The summed E-state index contributed by atoms with van der Waals surface area (Å²) in [5, 5.41) is 5.92. The Morgan fingerprint density at radius 2 is 2.03 bits per heavy atom. The van der Waals surface area contributed by atoms with Crippen molar-refractivity contribution in [2.45, 2.75) is 25.9 Å². The highest BCUT2D eigenvalue weighted by Crippen LogP contribution is 2.31. The van der Waals surface area contributed by atoms with E-state index < -0.39 is 11.9 Å². The Balaban J connectivity index is 1.63. The van der Waals surface area contributed by atoms with Crippen LogP contribution in [0, 0.1) is 5.92 Å². The largest absolute Gasteiger partial charge is 0.433 e. The minimum absolute atomic E-state index is 0.142. The monoisotopic (exact) mass is 432 g/mol. The molecule has 11 heteroatoms. The van der Waals surface area contributed by atoms with Gasteiger partial charge in [0.2, 0.25) is 5.95 Å². The van der Waals surface area contributed by atoms with Crippen molar-refractivity contribution in [1.29, 1.82) is 0 Å². The fourth-order valence-corrected chi connectivity index (χ4v) is 3.69. The van der Waals surface area contributed by atoms with Gasteiger partial charge in [-0.15, -0.1) is 0 Å². The number of alkyl halides is 3. The lowest BCUT2D eigenvalue weighted by molar-refractivity contribution is -0.141. The molecule has 7 nitrogen and oxygen atoms in total. The highest BCUT2D eigenvalue weighted by atomic mass is 32.1. The Hall–Kier alpha value is -1.72. The normalized spacial score (nSPS) is 21.1. The highest BCUT2D eigenvalue weighted by Gasteiger charge is 2.34. The molecule has 1 aromatic rings. The molecule has 3 rings (SSSR count). The first-order valence-corrected chi connectivity index (χ1v) is 10.3. The van der Waals surface area contributed by atoms with Crippen LogP contribution in [0.5, 0.6) is 0 Å². The highest BCUT2D eigenvalue weighted by molar-refractivity contribution is 7.80. The molecule has 1 atom stereocenters. The zero-order chi connectivity index (χ0) is 20.9. The van der Waals surface area contributed by atoms with E-state index in [1.54, 1.807) is 0 Å². The Kier molecular flexibility index (Phi) is 7.47. The van der Waals surface area contributed by atoms with Crippen molar-refractivity contribution in [3.63, 3.8) is 0 Å². The van der Waals surface area contributed by atoms with Gasteiger partial charge in [0, 0.05) is 45.3 Å². The maximum absolute atomic E-state index is 13.3. The second-order valence-electron chi connectivity index (χ2n) is 7.46. The average molecular weight is 433 g/mol. The van der Waals surface area contributed by atoms with Gasteiger partial charge in [-0.3, -0.25) is 4.90 Å². The van der Waals surface area contributed by atoms with Gasteiger partial charge in [0.05, 0.1) is 13.2 Å². The molecule has 3 heterocycles. The number of hydrogen-bond acceptors (Lipinski definition) is 6. The van der Waals surface area contributed by atoms with E-state index in [0.717, 1.165) is 38.5 Å². The van der Waals surface area contributed by atoms with Crippen molar-refractivity contribution in [3.05, 3.63) is 11.8 Å². The van der Waals surface area contributed by atoms with Gasteiger partial charge in [-0.05, 0) is 31.0 Å². The number of nitrogens with zero attached hydrogens (tertiary/aromatic N) is 4. The Bertz CT molecular complexity index is 699. The first kappa shape index (κ1) is 22.0. The summed E-state index contributed by atoms with van der Waals surface area (Å²) in [6.45, 7) is 7.91. The van der Waals surface area contributed by atoms with Crippen LogP contribution in [0.2, 0.25) is 0 Å². The summed E-state index contributed by atoms with van der Waals surface area (Å²) >= 11 is 5.22. The van der Waals surface area contributed by atoms with Gasteiger partial charge in [-0.25, -0.2) is 4.98 Å². The van der Waals surface area contributed by atoms with Crippen LogP contribution in [0.15, 0.2) is 6.07 Å². The molecule has 0 aromatic carbocycles. The van der Waals surface area contributed by atoms with Gasteiger partial charge in [0.1, 0.15) is 5.82 Å². The number of hydrogen-bond donors (Lipinski definition) is 2. The summed E-state index contributed by atoms with van der Waals surface area (Å²) in [6.07, 6.45) is -2.56. The smallest absolute Gasteiger partial charge is 0.379 e. The number of halogens is 3. The average Bonchev–Trinajstić information content (AvgIpc) is 2.68. The van der Waals surface area contributed by atoms with Crippen LogP contribution < -0.4 is 15.5 Å². The molecule has 0 bridgehead atoms. The molecule has 1 aromatic heterocycles. The zero-order valence-electron chi connectivity index (χ0n) is 16.5. The number of ether oxygens (including phenoxy) is 1. The van der Waals surface area contributed by atoms with Crippen LogP contribution in [-0.2, 0) is 10.9 Å². The minimum Gasteiger partial charge on any atom is -0.379 e. The van der Waals surface area contributed by atoms with E-state index in [1.165, 1.54) is 0 Å². The summed E-state index contributed by atoms with van der Waals surface area (Å²) < 4.78 is 45.3. The van der Waals surface area contributed by atoms with E-state index in [1.807, 2.05) is 4.90 Å². The predicted molar refractivity (Wildman–Crippen MR) is 109 cm³/mol. The van der Waals surface area contributed by atoms with Crippen molar-refractivity contribution in [2.24, 2.45) is 5.92 Å². The van der Waals surface area contributed by atoms with E-state index in [9.17, 15) is 13.2 Å². The number of morpholine rings is 1. The fraction of sp³-hybridized carbons (Fsp3) is 0.722. The lowest BCUT2D eigenvalue weighted by atomic mass is 10.0. The SMILES string of the molecule is C[C@@H]1CCCN(c2cc(C(F)(F)F)nc(NC(=S)NCCN3CCOCC3)n2)C1. The molecule has 2 saturated heterocycles. The fourth-order valence-electron chi connectivity index (χ4n) is 3.49. The van der Waals surface area contributed by atoms with Gasteiger partial charge >= 0.3 is 6.18 Å². The summed E-state index contributed by atoms with van der Waals surface area (Å²) in [7, 11) is 0. The van der Waals surface area contributed by atoms with Gasteiger partial charge in [0.25, 0.3) is 0 Å². The van der Waals surface area contributed by atoms with E-state index in [0.29, 0.717) is 38.8 Å². The topological polar surface area (TPSA) is 65.6 Å². The van der Waals surface area contributed by atoms with E-state index >= 15 is 0 Å². The van der Waals surface area contributed by atoms with Crippen LogP contribution in [-0.4, -0.2) is 72.5 Å². The maximum atomic E-state index is 13.3. The third-order valence-electron chi connectivity index (χ3n) is 5.03. The molecular weight excluding hydrogens is 405 g/mol. The molecule has 0 amide bonds. The van der Waals surface area contributed by atoms with Crippen molar-refractivity contribution in [2.75, 3.05) is 62.7 Å². The maximum Gasteiger partial charge on any atom is 0.433 e. The molecule has 0 aliphatic carbocycles. The third kappa shape index (κ3) is 6.65. The first-order valence-electron chi connectivity index (χ1n) is 9.87. The molecule has 0 unspecified atom stereocenters. The second-order valence-corrected chi connectivity index (χ2v) is 7.87. The predicted octanol–water partition coefficient (Wildman–Crippen LogP) is 2.35. The van der Waals surface area contributed by atoms with Gasteiger partial charge in [-0.2, -0.15) is 18.2 Å². The molecule has 0 saturated carbocycles. The van der Waals surface area contributed by atoms with Crippen LogP contribution in [0.1, 0.15) is 25.5 Å². The molecular formula is C18H27F3N6OS. The quantitative estimate of drug-likeness (QED) is 0.688. The van der Waals surface area contributed by atoms with Crippen LogP contribution in [0.25, 0.3) is 0 Å². The second kappa shape index (κ2) is 9.86. The number of piperidine rings is 1. The van der Waals surface area contributed by atoms with Crippen molar-refractivity contribution >= 4 is 29.1 Å². The molecule has 162 valence electrons. The van der Waals surface area contributed by atoms with E-state index in [-0.39, 0.29) is 16.9 Å². The van der Waals surface area contributed by atoms with Gasteiger partial charge < -0.3 is 20.3 Å². The number of nitrogens with one attached hydrogen (secondary N) is 2. The Labute approximate surface area is 174 Å². The lowest BCUT2D eigenvalue weighted by Gasteiger charge is -2.32. The minimum atomic E-state index is -4.55. The molecule has 2 aliphatic heterocycles. The van der Waals surface area contributed by atoms with Crippen molar-refractivity contribution < 1.29 is 17.9 Å². The molecule has 2 aliphatic rings. The number of rotatable bonds is 5. The van der Waals surface area contributed by atoms with Gasteiger partial charge in [0.15, 0.2) is 10.8 Å². The van der Waals surface area contributed by atoms with Crippen molar-refractivity contribution in [3.8, 4) is 0 Å². The van der Waals surface area contributed by atoms with Gasteiger partial charge in [-0.1, -0.05) is 6.92 Å². The van der Waals surface area contributed by atoms with Crippen molar-refractivity contribution in [1.82, 2.24) is 20.2 Å². The van der Waals surface area contributed by atoms with E-state index in [2.05, 4.69) is 32.4 Å². The third-order valence-corrected chi connectivity index (χ3v) is 5.27. The molecule has 0 radical (unpaired) electrons. The number of anilines is 2. The van der Waals surface area contributed by atoms with Crippen LogP contribution in [0.3, 0.4) is 0 Å². The molecule has 29 heavy (non-hydrogen) atoms. The van der Waals surface area contributed by atoms with Crippen LogP contribution >= 0.6 is 12.2 Å². The summed E-state index contributed by atoms with van der Waals surface area (Å²) in [6, 6.07) is 1.01. The summed E-state index contributed by atoms with van der Waals surface area (Å²) in [4.78, 5) is 12.0. The van der Waals surface area contributed by atoms with E-state index in [4.69, 9.17) is 17.0 Å². The zero-order valence-corrected chi connectivity index (χ0v) is 17.3. The molecule has 0 spiro atoms. The van der Waals surface area contributed by atoms with Crippen LogP contribution in [0.4, 0.5) is 24.9 Å². The Morgan fingerprint density at radius 3 is 2.72 bits per heavy atom. The number of thiocarbonyl (C=S) groups is 1. The first-order chi connectivity index (χ1) is 13.8. The lowest BCUT2D eigenvalue weighted by Crippen LogP contribution is -2.42. The summed E-state index contributed by atoms with van der Waals surface area (Å²) in [5.41, 5.74) is -0.973. The number of aromatic nitrogens is 2. The molecule has 2 N–H and O–H groups in total. The standard InChI is InChI=1S/C18H27F3N6OS/c1-13-3-2-5-27(12-13)15-11-14(18(19,20)21)23-16(24-15)25-17(29)22-4-6-26-7-9-28-10-8-26/h11,13H,2-10,12H2,1H3,(H2,22,23,24,25,29)/t13-/m1/s1. The molecule has 2 fully saturated rings. The summed E-state index contributed by atoms with van der Waals surface area (Å²) in [5.74, 6) is 0.543. The Morgan fingerprint density at radius 1 is 1.28 bits per heavy atom.